The molecule has 19 heavy (non-hydrogen) atoms. The fraction of sp³-hybridized carbons (Fsp3) is 0.562. The van der Waals surface area contributed by atoms with Crippen LogP contribution in [-0.4, -0.2) is 9.81 Å². The maximum absolute atomic E-state index is 5.83. The Bertz CT molecular complexity index is 548. The molecule has 100 valence electrons. The van der Waals surface area contributed by atoms with Crippen molar-refractivity contribution in [3.8, 4) is 0 Å². The molecule has 1 heterocycles. The molecule has 2 aliphatic rings. The van der Waals surface area contributed by atoms with Gasteiger partial charge in [0.1, 0.15) is 5.52 Å². The average molecular weight is 320 g/mol. The maximum atomic E-state index is 5.83. The van der Waals surface area contributed by atoms with Gasteiger partial charge in [-0.2, -0.15) is 0 Å². The predicted octanol–water partition coefficient (Wildman–Crippen LogP) is 4.57. The molecule has 0 radical (unpaired) electrons. The van der Waals surface area contributed by atoms with Crippen molar-refractivity contribution in [1.82, 2.24) is 4.98 Å². The molecular weight excluding hydrogens is 302 g/mol. The Balaban J connectivity index is 1.49. The fourth-order valence-electron chi connectivity index (χ4n) is 3.89. The topological polar surface area (TPSA) is 26.0 Å². The van der Waals surface area contributed by atoms with Crippen molar-refractivity contribution in [3.63, 3.8) is 0 Å². The van der Waals surface area contributed by atoms with Gasteiger partial charge in [-0.3, -0.25) is 0 Å². The van der Waals surface area contributed by atoms with E-state index in [0.717, 1.165) is 41.2 Å². The van der Waals surface area contributed by atoms with Gasteiger partial charge >= 0.3 is 0 Å². The van der Waals surface area contributed by atoms with Crippen LogP contribution in [0.1, 0.15) is 31.6 Å². The lowest BCUT2D eigenvalue weighted by Crippen LogP contribution is -2.07. The minimum Gasteiger partial charge on any atom is -0.441 e. The first-order chi connectivity index (χ1) is 9.33. The van der Waals surface area contributed by atoms with E-state index in [1.54, 1.807) is 0 Å². The van der Waals surface area contributed by atoms with Crippen LogP contribution in [0.15, 0.2) is 28.7 Å². The van der Waals surface area contributed by atoms with Crippen molar-refractivity contribution in [2.45, 2.75) is 36.9 Å². The molecule has 2 nitrogen and oxygen atoms in total. The zero-order chi connectivity index (χ0) is 12.8. The van der Waals surface area contributed by atoms with Gasteiger partial charge in [0.25, 0.3) is 0 Å². The molecule has 3 atom stereocenters. The first-order valence-corrected chi connectivity index (χ1v) is 8.23. The molecule has 2 aromatic rings. The number of halogens is 1. The monoisotopic (exact) mass is 319 g/mol. The van der Waals surface area contributed by atoms with E-state index < -0.39 is 0 Å². The number of oxazole rings is 1. The van der Waals surface area contributed by atoms with E-state index in [9.17, 15) is 0 Å². The van der Waals surface area contributed by atoms with Gasteiger partial charge in [0.05, 0.1) is 0 Å². The highest BCUT2D eigenvalue weighted by Crippen LogP contribution is 2.58. The van der Waals surface area contributed by atoms with Crippen LogP contribution in [0.2, 0.25) is 0 Å². The summed E-state index contributed by atoms with van der Waals surface area (Å²) in [6, 6.07) is 8.02. The molecule has 0 N–H and O–H groups in total. The molecule has 0 amide bonds. The van der Waals surface area contributed by atoms with Gasteiger partial charge in [-0.25, -0.2) is 4.98 Å². The van der Waals surface area contributed by atoms with Gasteiger partial charge in [-0.15, -0.1) is 0 Å². The SMILES string of the molecule is BrC(Cc1nc2ccccc2o1)C1C2CCCCC21. The minimum absolute atomic E-state index is 0.536. The number of alkyl halides is 1. The Morgan fingerprint density at radius 2 is 1.95 bits per heavy atom. The highest BCUT2D eigenvalue weighted by atomic mass is 79.9. The number of rotatable bonds is 3. The summed E-state index contributed by atoms with van der Waals surface area (Å²) in [7, 11) is 0. The third-order valence-electron chi connectivity index (χ3n) is 4.85. The van der Waals surface area contributed by atoms with Gasteiger partial charge < -0.3 is 4.42 Å². The number of nitrogens with zero attached hydrogens (tertiary/aromatic N) is 1. The summed E-state index contributed by atoms with van der Waals surface area (Å²) < 4.78 is 5.83. The zero-order valence-electron chi connectivity index (χ0n) is 10.9. The number of fused-ring (bicyclic) bond motifs is 2. The van der Waals surface area contributed by atoms with Crippen molar-refractivity contribution in [2.24, 2.45) is 17.8 Å². The molecule has 3 heteroatoms. The maximum Gasteiger partial charge on any atom is 0.196 e. The average Bonchev–Trinajstić information content (AvgIpc) is 3.02. The Kier molecular flexibility index (Phi) is 2.91. The Morgan fingerprint density at radius 3 is 2.68 bits per heavy atom. The van der Waals surface area contributed by atoms with E-state index in [-0.39, 0.29) is 0 Å². The van der Waals surface area contributed by atoms with E-state index >= 15 is 0 Å². The first kappa shape index (κ1) is 12.0. The summed E-state index contributed by atoms with van der Waals surface area (Å²) in [6.45, 7) is 0. The molecule has 3 unspecified atom stereocenters. The van der Waals surface area contributed by atoms with Crippen molar-refractivity contribution in [2.75, 3.05) is 0 Å². The van der Waals surface area contributed by atoms with Crippen molar-refractivity contribution < 1.29 is 4.42 Å². The lowest BCUT2D eigenvalue weighted by molar-refractivity contribution is 0.480. The molecule has 2 aliphatic carbocycles. The largest absolute Gasteiger partial charge is 0.441 e. The normalized spacial score (nSPS) is 31.1. The fourth-order valence-corrected chi connectivity index (χ4v) is 4.96. The molecule has 1 aromatic heterocycles. The van der Waals surface area contributed by atoms with Gasteiger partial charge in [0.2, 0.25) is 0 Å². The second-order valence-corrected chi connectivity index (χ2v) is 7.16. The second kappa shape index (κ2) is 4.62. The van der Waals surface area contributed by atoms with Crippen molar-refractivity contribution in [3.05, 3.63) is 30.2 Å². The van der Waals surface area contributed by atoms with Crippen molar-refractivity contribution in [1.29, 1.82) is 0 Å². The summed E-state index contributed by atoms with van der Waals surface area (Å²) in [4.78, 5) is 5.12. The summed E-state index contributed by atoms with van der Waals surface area (Å²) >= 11 is 3.89. The third kappa shape index (κ3) is 2.12. The Labute approximate surface area is 121 Å². The van der Waals surface area contributed by atoms with Crippen LogP contribution in [0.5, 0.6) is 0 Å². The standard InChI is InChI=1S/C16H18BrNO/c17-12(16-10-5-1-2-6-11(10)16)9-15-18-13-7-3-4-8-14(13)19-15/h3-4,7-8,10-12,16H,1-2,5-6,9H2. The molecule has 0 saturated heterocycles. The molecular formula is C16H18BrNO. The van der Waals surface area contributed by atoms with Crippen LogP contribution < -0.4 is 0 Å². The van der Waals surface area contributed by atoms with E-state index in [2.05, 4.69) is 20.9 Å². The highest BCUT2D eigenvalue weighted by molar-refractivity contribution is 9.09. The van der Waals surface area contributed by atoms with E-state index in [1.807, 2.05) is 24.3 Å². The summed E-state index contributed by atoms with van der Waals surface area (Å²) in [5, 5.41) is 0. The Hall–Kier alpha value is -0.830. The van der Waals surface area contributed by atoms with Gasteiger partial charge in [0.15, 0.2) is 11.5 Å². The highest BCUT2D eigenvalue weighted by Gasteiger charge is 2.53. The number of para-hydroxylation sites is 2. The molecule has 0 spiro atoms. The van der Waals surface area contributed by atoms with Crippen LogP contribution >= 0.6 is 15.9 Å². The lowest BCUT2D eigenvalue weighted by Gasteiger charge is -2.05. The lowest BCUT2D eigenvalue weighted by atomic mass is 10.0. The predicted molar refractivity (Wildman–Crippen MR) is 79.4 cm³/mol. The zero-order valence-corrected chi connectivity index (χ0v) is 12.5. The van der Waals surface area contributed by atoms with Crippen LogP contribution in [0.25, 0.3) is 11.1 Å². The number of hydrogen-bond donors (Lipinski definition) is 0. The summed E-state index contributed by atoms with van der Waals surface area (Å²) in [6.07, 6.45) is 6.66. The first-order valence-electron chi connectivity index (χ1n) is 7.31. The molecule has 2 saturated carbocycles. The summed E-state index contributed by atoms with van der Waals surface area (Å²) in [5.74, 6) is 3.69. The van der Waals surface area contributed by atoms with Crippen molar-refractivity contribution >= 4 is 27.0 Å². The molecule has 0 bridgehead atoms. The molecule has 0 aliphatic heterocycles. The molecule has 1 aromatic carbocycles. The number of benzene rings is 1. The van der Waals surface area contributed by atoms with Crippen LogP contribution in [-0.2, 0) is 6.42 Å². The number of hydrogen-bond acceptors (Lipinski definition) is 2. The quantitative estimate of drug-likeness (QED) is 0.774. The van der Waals surface area contributed by atoms with Crippen LogP contribution in [0, 0.1) is 17.8 Å². The minimum atomic E-state index is 0.536. The van der Waals surface area contributed by atoms with Gasteiger partial charge in [-0.05, 0) is 42.7 Å². The molecule has 4 rings (SSSR count). The van der Waals surface area contributed by atoms with E-state index in [1.165, 1.54) is 25.7 Å². The second-order valence-electron chi connectivity index (χ2n) is 5.98. The molecule has 2 fully saturated rings. The van der Waals surface area contributed by atoms with E-state index in [0.29, 0.717) is 4.83 Å². The van der Waals surface area contributed by atoms with Gasteiger partial charge in [0, 0.05) is 11.2 Å². The third-order valence-corrected chi connectivity index (χ3v) is 5.78. The summed E-state index contributed by atoms with van der Waals surface area (Å²) in [5.41, 5.74) is 1.89. The van der Waals surface area contributed by atoms with E-state index in [4.69, 9.17) is 4.42 Å². The smallest absolute Gasteiger partial charge is 0.196 e. The van der Waals surface area contributed by atoms with Crippen LogP contribution in [0.3, 0.4) is 0 Å². The van der Waals surface area contributed by atoms with Gasteiger partial charge in [-0.1, -0.05) is 40.9 Å². The van der Waals surface area contributed by atoms with Crippen LogP contribution in [0.4, 0.5) is 0 Å². The Morgan fingerprint density at radius 1 is 1.21 bits per heavy atom. The number of aromatic nitrogens is 1.